The molecule has 0 radical (unpaired) electrons. The van der Waals surface area contributed by atoms with E-state index in [0.717, 1.165) is 34.7 Å². The van der Waals surface area contributed by atoms with Gasteiger partial charge in [-0.1, -0.05) is 24.6 Å². The average molecular weight is 254 g/mol. The zero-order chi connectivity index (χ0) is 12.6. The fraction of sp³-hybridized carbons (Fsp3) is 0.571. The number of halogens is 1. The molecule has 1 fully saturated rings. The van der Waals surface area contributed by atoms with E-state index in [1.54, 1.807) is 0 Å². The van der Waals surface area contributed by atoms with Crippen molar-refractivity contribution in [1.29, 1.82) is 0 Å². The molecule has 0 amide bonds. The summed E-state index contributed by atoms with van der Waals surface area (Å²) in [5, 5.41) is 0.804. The summed E-state index contributed by atoms with van der Waals surface area (Å²) in [5.74, 6) is 0.528. The van der Waals surface area contributed by atoms with Crippen molar-refractivity contribution in [2.45, 2.75) is 39.3 Å². The third kappa shape index (κ3) is 2.49. The van der Waals surface area contributed by atoms with E-state index in [0.29, 0.717) is 5.92 Å². The van der Waals surface area contributed by atoms with Gasteiger partial charge >= 0.3 is 0 Å². The highest BCUT2D eigenvalue weighted by atomic mass is 35.5. The molecule has 0 saturated carbocycles. The lowest BCUT2D eigenvalue weighted by molar-refractivity contribution is 0.0723. The van der Waals surface area contributed by atoms with Crippen LogP contribution < -0.4 is 5.73 Å². The normalized spacial score (nSPS) is 26.2. The van der Waals surface area contributed by atoms with Gasteiger partial charge in [-0.15, -0.1) is 0 Å². The van der Waals surface area contributed by atoms with Gasteiger partial charge in [0.25, 0.3) is 0 Å². The molecule has 1 aliphatic heterocycles. The number of aryl methyl sites for hydroxylation is 2. The summed E-state index contributed by atoms with van der Waals surface area (Å²) >= 11 is 6.11. The molecule has 0 aromatic heterocycles. The van der Waals surface area contributed by atoms with Gasteiger partial charge in [0, 0.05) is 11.6 Å². The lowest BCUT2D eigenvalue weighted by Crippen LogP contribution is -2.30. The first-order valence-corrected chi connectivity index (χ1v) is 6.52. The predicted octanol–water partition coefficient (Wildman–Crippen LogP) is 3.38. The molecule has 3 atom stereocenters. The van der Waals surface area contributed by atoms with Gasteiger partial charge in [0.1, 0.15) is 0 Å². The third-order valence-corrected chi connectivity index (χ3v) is 4.11. The average Bonchev–Trinajstić information content (AvgIpc) is 2.69. The van der Waals surface area contributed by atoms with E-state index in [4.69, 9.17) is 22.1 Å². The smallest absolute Gasteiger partial charge is 0.0793 e. The van der Waals surface area contributed by atoms with Gasteiger partial charge < -0.3 is 10.5 Å². The molecular formula is C14H20ClNO. The first-order chi connectivity index (χ1) is 8.00. The Morgan fingerprint density at radius 1 is 1.35 bits per heavy atom. The van der Waals surface area contributed by atoms with Crippen molar-refractivity contribution < 1.29 is 4.74 Å². The Bertz CT molecular complexity index is 419. The number of hydrogen-bond donors (Lipinski definition) is 1. The summed E-state index contributed by atoms with van der Waals surface area (Å²) in [6.07, 6.45) is 1.23. The highest BCUT2D eigenvalue weighted by Crippen LogP contribution is 2.32. The molecule has 94 valence electrons. The molecule has 1 aromatic carbocycles. The maximum atomic E-state index is 6.34. The largest absolute Gasteiger partial charge is 0.376 e. The molecule has 2 N–H and O–H groups in total. The first kappa shape index (κ1) is 12.9. The molecule has 3 heteroatoms. The van der Waals surface area contributed by atoms with Gasteiger partial charge in [-0.25, -0.2) is 0 Å². The zero-order valence-corrected chi connectivity index (χ0v) is 11.4. The van der Waals surface area contributed by atoms with Crippen LogP contribution in [0.15, 0.2) is 12.1 Å². The van der Waals surface area contributed by atoms with Crippen molar-refractivity contribution in [2.24, 2.45) is 11.7 Å². The van der Waals surface area contributed by atoms with Gasteiger partial charge in [0.05, 0.1) is 12.1 Å². The minimum atomic E-state index is -0.0523. The summed E-state index contributed by atoms with van der Waals surface area (Å²) < 4.78 is 5.75. The molecular weight excluding hydrogens is 234 g/mol. The monoisotopic (exact) mass is 253 g/mol. The minimum Gasteiger partial charge on any atom is -0.376 e. The molecule has 1 heterocycles. The van der Waals surface area contributed by atoms with Gasteiger partial charge in [0.15, 0.2) is 0 Å². The van der Waals surface area contributed by atoms with Crippen LogP contribution in [0, 0.1) is 19.8 Å². The SMILES string of the molecule is Cc1cc(C(N)C2OCCC2C)c(C)cc1Cl. The standard InChI is InChI=1S/C14H20ClNO/c1-8-4-5-17-14(8)13(16)11-6-10(3)12(15)7-9(11)2/h6-8,13-14H,4-5,16H2,1-3H3. The van der Waals surface area contributed by atoms with Crippen molar-refractivity contribution >= 4 is 11.6 Å². The number of ether oxygens (including phenoxy) is 1. The maximum Gasteiger partial charge on any atom is 0.0793 e. The van der Waals surface area contributed by atoms with Crippen molar-refractivity contribution in [3.63, 3.8) is 0 Å². The summed E-state index contributed by atoms with van der Waals surface area (Å²) in [4.78, 5) is 0. The zero-order valence-electron chi connectivity index (χ0n) is 10.7. The van der Waals surface area contributed by atoms with E-state index in [2.05, 4.69) is 19.9 Å². The number of rotatable bonds is 2. The molecule has 2 nitrogen and oxygen atoms in total. The number of hydrogen-bond acceptors (Lipinski definition) is 2. The van der Waals surface area contributed by atoms with Gasteiger partial charge in [0.2, 0.25) is 0 Å². The number of benzene rings is 1. The lowest BCUT2D eigenvalue weighted by Gasteiger charge is -2.24. The molecule has 0 aliphatic carbocycles. The second-order valence-corrected chi connectivity index (χ2v) is 5.49. The van der Waals surface area contributed by atoms with Gasteiger partial charge in [-0.3, -0.25) is 0 Å². The van der Waals surface area contributed by atoms with Crippen LogP contribution in [0.25, 0.3) is 0 Å². The second-order valence-electron chi connectivity index (χ2n) is 5.09. The maximum absolute atomic E-state index is 6.34. The summed E-state index contributed by atoms with van der Waals surface area (Å²) in [6, 6.07) is 4.03. The molecule has 1 aromatic rings. The van der Waals surface area contributed by atoms with E-state index in [9.17, 15) is 0 Å². The van der Waals surface area contributed by atoms with E-state index in [1.165, 1.54) is 0 Å². The number of nitrogens with two attached hydrogens (primary N) is 1. The van der Waals surface area contributed by atoms with E-state index < -0.39 is 0 Å². The fourth-order valence-corrected chi connectivity index (χ4v) is 2.73. The van der Waals surface area contributed by atoms with Crippen LogP contribution in [0.1, 0.15) is 36.1 Å². The Balaban J connectivity index is 2.30. The van der Waals surface area contributed by atoms with Gasteiger partial charge in [-0.2, -0.15) is 0 Å². The lowest BCUT2D eigenvalue weighted by atomic mass is 9.90. The van der Waals surface area contributed by atoms with Crippen LogP contribution >= 0.6 is 11.6 Å². The van der Waals surface area contributed by atoms with E-state index in [1.807, 2.05) is 13.0 Å². The van der Waals surface area contributed by atoms with E-state index >= 15 is 0 Å². The predicted molar refractivity (Wildman–Crippen MR) is 71.4 cm³/mol. The van der Waals surface area contributed by atoms with Crippen LogP contribution in [0.5, 0.6) is 0 Å². The Morgan fingerprint density at radius 3 is 2.65 bits per heavy atom. The first-order valence-electron chi connectivity index (χ1n) is 6.14. The van der Waals surface area contributed by atoms with Crippen LogP contribution in [0.4, 0.5) is 0 Å². The molecule has 1 saturated heterocycles. The van der Waals surface area contributed by atoms with Crippen molar-refractivity contribution in [1.82, 2.24) is 0 Å². The highest BCUT2D eigenvalue weighted by Gasteiger charge is 2.31. The highest BCUT2D eigenvalue weighted by molar-refractivity contribution is 6.31. The Labute approximate surface area is 108 Å². The van der Waals surface area contributed by atoms with Crippen LogP contribution in [0.3, 0.4) is 0 Å². The summed E-state index contributed by atoms with van der Waals surface area (Å²) in [6.45, 7) is 7.10. The Kier molecular flexibility index (Phi) is 3.76. The van der Waals surface area contributed by atoms with Crippen LogP contribution in [0.2, 0.25) is 5.02 Å². The molecule has 2 rings (SSSR count). The summed E-state index contributed by atoms with van der Waals surface area (Å²) in [7, 11) is 0. The van der Waals surface area contributed by atoms with E-state index in [-0.39, 0.29) is 12.1 Å². The molecule has 17 heavy (non-hydrogen) atoms. The molecule has 0 bridgehead atoms. The third-order valence-electron chi connectivity index (χ3n) is 3.70. The van der Waals surface area contributed by atoms with Crippen molar-refractivity contribution in [3.8, 4) is 0 Å². The molecule has 1 aliphatic rings. The minimum absolute atomic E-state index is 0.0523. The second kappa shape index (κ2) is 4.97. The fourth-order valence-electron chi connectivity index (χ4n) is 2.52. The quantitative estimate of drug-likeness (QED) is 0.877. The Hall–Kier alpha value is -0.570. The van der Waals surface area contributed by atoms with Crippen LogP contribution in [-0.2, 0) is 4.74 Å². The molecule has 3 unspecified atom stereocenters. The van der Waals surface area contributed by atoms with Gasteiger partial charge in [-0.05, 0) is 48.9 Å². The summed E-state index contributed by atoms with van der Waals surface area (Å²) in [5.41, 5.74) is 9.73. The van der Waals surface area contributed by atoms with Crippen LogP contribution in [-0.4, -0.2) is 12.7 Å². The Morgan fingerprint density at radius 2 is 2.06 bits per heavy atom. The van der Waals surface area contributed by atoms with Crippen molar-refractivity contribution in [2.75, 3.05) is 6.61 Å². The van der Waals surface area contributed by atoms with Crippen molar-refractivity contribution in [3.05, 3.63) is 33.8 Å². The topological polar surface area (TPSA) is 35.2 Å². The molecule has 0 spiro atoms.